The fraction of sp³-hybridized carbons (Fsp3) is 0.200. The van der Waals surface area contributed by atoms with Crippen molar-refractivity contribution in [2.45, 2.75) is 24.8 Å². The van der Waals surface area contributed by atoms with Crippen LogP contribution in [0, 0.1) is 0 Å². The van der Waals surface area contributed by atoms with Gasteiger partial charge in [-0.1, -0.05) is 60.3 Å². The zero-order valence-corrected chi connectivity index (χ0v) is 15.0. The van der Waals surface area contributed by atoms with Gasteiger partial charge in [0.25, 0.3) is 0 Å². The molecule has 0 spiro atoms. The molecule has 25 heavy (non-hydrogen) atoms. The van der Waals surface area contributed by atoms with E-state index >= 15 is 0 Å². The van der Waals surface area contributed by atoms with Gasteiger partial charge in [0.05, 0.1) is 12.2 Å². The van der Waals surface area contributed by atoms with Gasteiger partial charge in [-0.05, 0) is 31.5 Å². The lowest BCUT2D eigenvalue weighted by Crippen LogP contribution is -2.30. The lowest BCUT2D eigenvalue weighted by Gasteiger charge is -2.25. The van der Waals surface area contributed by atoms with Crippen LogP contribution in [0.1, 0.15) is 25.5 Å². The maximum Gasteiger partial charge on any atom is 0.338 e. The molecule has 1 aliphatic rings. The van der Waals surface area contributed by atoms with Crippen molar-refractivity contribution in [3.05, 3.63) is 77.5 Å². The number of aliphatic imine (C=N–C) groups is 1. The fourth-order valence-electron chi connectivity index (χ4n) is 2.65. The van der Waals surface area contributed by atoms with Crippen LogP contribution in [-0.2, 0) is 9.53 Å². The van der Waals surface area contributed by atoms with Crippen molar-refractivity contribution in [1.82, 2.24) is 5.32 Å². The molecule has 0 fully saturated rings. The van der Waals surface area contributed by atoms with Gasteiger partial charge in [0.15, 0.2) is 5.17 Å². The quantitative estimate of drug-likeness (QED) is 0.833. The van der Waals surface area contributed by atoms with Gasteiger partial charge in [-0.25, -0.2) is 9.79 Å². The van der Waals surface area contributed by atoms with Crippen molar-refractivity contribution in [1.29, 1.82) is 0 Å². The Kier molecular flexibility index (Phi) is 5.56. The van der Waals surface area contributed by atoms with E-state index in [-0.39, 0.29) is 12.0 Å². The van der Waals surface area contributed by atoms with Crippen molar-refractivity contribution in [2.24, 2.45) is 4.99 Å². The fourth-order valence-corrected chi connectivity index (χ4v) is 3.53. The average molecular weight is 352 g/mol. The minimum absolute atomic E-state index is 0.325. The Morgan fingerprint density at radius 1 is 1.12 bits per heavy atom. The Hall–Kier alpha value is -2.53. The maximum absolute atomic E-state index is 12.5. The van der Waals surface area contributed by atoms with Gasteiger partial charge in [0.1, 0.15) is 6.04 Å². The van der Waals surface area contributed by atoms with Crippen molar-refractivity contribution in [2.75, 3.05) is 6.61 Å². The van der Waals surface area contributed by atoms with E-state index in [2.05, 4.69) is 5.32 Å². The number of ether oxygens (including phenoxy) is 1. The monoisotopic (exact) mass is 352 g/mol. The predicted molar refractivity (Wildman–Crippen MR) is 101 cm³/mol. The summed E-state index contributed by atoms with van der Waals surface area (Å²) in [6.07, 6.45) is 0. The minimum atomic E-state index is -0.368. The van der Waals surface area contributed by atoms with Crippen LogP contribution in [0.25, 0.3) is 0 Å². The number of hydrogen-bond donors (Lipinski definition) is 1. The number of hydrogen-bond acceptors (Lipinski definition) is 5. The zero-order valence-electron chi connectivity index (χ0n) is 14.2. The van der Waals surface area contributed by atoms with Gasteiger partial charge >= 0.3 is 5.97 Å². The van der Waals surface area contributed by atoms with Gasteiger partial charge in [0.2, 0.25) is 0 Å². The highest BCUT2D eigenvalue weighted by molar-refractivity contribution is 8.13. The SMILES string of the molecule is CCOC(=O)C1=C(C)NC(Sc2ccccc2)=NC1c1ccccc1. The largest absolute Gasteiger partial charge is 0.463 e. The highest BCUT2D eigenvalue weighted by Gasteiger charge is 2.30. The summed E-state index contributed by atoms with van der Waals surface area (Å²) >= 11 is 1.55. The molecule has 5 heteroatoms. The lowest BCUT2D eigenvalue weighted by molar-refractivity contribution is -0.138. The van der Waals surface area contributed by atoms with E-state index in [0.29, 0.717) is 12.2 Å². The number of rotatable bonds is 4. The van der Waals surface area contributed by atoms with Crippen molar-refractivity contribution in [3.8, 4) is 0 Å². The number of amidine groups is 1. The molecule has 1 N–H and O–H groups in total. The van der Waals surface area contributed by atoms with Crippen LogP contribution in [-0.4, -0.2) is 17.7 Å². The second kappa shape index (κ2) is 8.03. The maximum atomic E-state index is 12.5. The van der Waals surface area contributed by atoms with Gasteiger partial charge in [0, 0.05) is 10.6 Å². The third-order valence-electron chi connectivity index (χ3n) is 3.79. The summed E-state index contributed by atoms with van der Waals surface area (Å²) in [7, 11) is 0. The highest BCUT2D eigenvalue weighted by atomic mass is 32.2. The average Bonchev–Trinajstić information content (AvgIpc) is 2.63. The number of carbonyl (C=O) groups excluding carboxylic acids is 1. The van der Waals surface area contributed by atoms with E-state index in [9.17, 15) is 4.79 Å². The Balaban J connectivity index is 1.95. The normalized spacial score (nSPS) is 16.9. The molecule has 0 aromatic heterocycles. The van der Waals surface area contributed by atoms with Crippen LogP contribution < -0.4 is 5.32 Å². The molecule has 1 heterocycles. The lowest BCUT2D eigenvalue weighted by atomic mass is 9.97. The van der Waals surface area contributed by atoms with E-state index in [0.717, 1.165) is 21.3 Å². The molecule has 1 unspecified atom stereocenters. The number of nitrogens with zero attached hydrogens (tertiary/aromatic N) is 1. The predicted octanol–water partition coefficient (Wildman–Crippen LogP) is 4.32. The molecule has 1 aliphatic heterocycles. The first kappa shape index (κ1) is 17.3. The number of esters is 1. The van der Waals surface area contributed by atoms with Crippen LogP contribution in [0.5, 0.6) is 0 Å². The minimum Gasteiger partial charge on any atom is -0.463 e. The molecule has 0 aliphatic carbocycles. The Labute approximate surface area is 152 Å². The van der Waals surface area contributed by atoms with Crippen molar-refractivity contribution >= 4 is 22.9 Å². The van der Waals surface area contributed by atoms with Crippen LogP contribution >= 0.6 is 11.8 Å². The first-order chi connectivity index (χ1) is 12.2. The van der Waals surface area contributed by atoms with Gasteiger partial charge in [-0.15, -0.1) is 0 Å². The van der Waals surface area contributed by atoms with Crippen LogP contribution in [0.2, 0.25) is 0 Å². The Morgan fingerprint density at radius 3 is 2.40 bits per heavy atom. The van der Waals surface area contributed by atoms with Gasteiger partial charge in [-0.2, -0.15) is 0 Å². The van der Waals surface area contributed by atoms with E-state index < -0.39 is 0 Å². The molecule has 0 amide bonds. The first-order valence-corrected chi connectivity index (χ1v) is 9.01. The van der Waals surface area contributed by atoms with E-state index in [1.165, 1.54) is 0 Å². The summed E-state index contributed by atoms with van der Waals surface area (Å²) < 4.78 is 5.24. The number of benzene rings is 2. The third-order valence-corrected chi connectivity index (χ3v) is 4.70. The number of nitrogens with one attached hydrogen (secondary N) is 1. The summed E-state index contributed by atoms with van der Waals surface area (Å²) in [6, 6.07) is 19.5. The van der Waals surface area contributed by atoms with Gasteiger partial charge in [-0.3, -0.25) is 0 Å². The molecule has 0 radical (unpaired) electrons. The topological polar surface area (TPSA) is 50.7 Å². The Bertz CT molecular complexity index is 801. The summed E-state index contributed by atoms with van der Waals surface area (Å²) in [5.74, 6) is -0.325. The van der Waals surface area contributed by atoms with Crippen molar-refractivity contribution < 1.29 is 9.53 Å². The summed E-state index contributed by atoms with van der Waals surface area (Å²) in [6.45, 7) is 4.04. The number of allylic oxidation sites excluding steroid dienone is 1. The van der Waals surface area contributed by atoms with Crippen LogP contribution in [0.3, 0.4) is 0 Å². The molecule has 4 nitrogen and oxygen atoms in total. The summed E-state index contributed by atoms with van der Waals surface area (Å²) in [5, 5.41) is 4.01. The molecule has 3 rings (SSSR count). The molecular formula is C20H20N2O2S. The third kappa shape index (κ3) is 4.12. The second-order valence-electron chi connectivity index (χ2n) is 5.55. The number of thioether (sulfide) groups is 1. The molecule has 0 saturated heterocycles. The van der Waals surface area contributed by atoms with E-state index in [1.54, 1.807) is 11.8 Å². The second-order valence-corrected chi connectivity index (χ2v) is 6.61. The molecule has 2 aromatic carbocycles. The molecular weight excluding hydrogens is 332 g/mol. The summed E-state index contributed by atoms with van der Waals surface area (Å²) in [4.78, 5) is 18.3. The standard InChI is InChI=1S/C20H20N2O2S/c1-3-24-19(23)17-14(2)21-20(25-16-12-8-5-9-13-16)22-18(17)15-10-6-4-7-11-15/h4-13,18H,3H2,1-2H3,(H,21,22). The molecule has 0 saturated carbocycles. The molecule has 128 valence electrons. The number of carbonyl (C=O) groups is 1. The van der Waals surface area contributed by atoms with Crippen LogP contribution in [0.15, 0.2) is 81.8 Å². The van der Waals surface area contributed by atoms with Gasteiger partial charge < -0.3 is 10.1 Å². The van der Waals surface area contributed by atoms with E-state index in [4.69, 9.17) is 9.73 Å². The molecule has 0 bridgehead atoms. The smallest absolute Gasteiger partial charge is 0.338 e. The summed E-state index contributed by atoms with van der Waals surface area (Å²) in [5.41, 5.74) is 2.31. The Morgan fingerprint density at radius 2 is 1.76 bits per heavy atom. The molecule has 2 aromatic rings. The van der Waals surface area contributed by atoms with E-state index in [1.807, 2.05) is 74.5 Å². The first-order valence-electron chi connectivity index (χ1n) is 8.19. The zero-order chi connectivity index (χ0) is 17.6. The highest BCUT2D eigenvalue weighted by Crippen LogP contribution is 2.34. The molecule has 1 atom stereocenters. The van der Waals surface area contributed by atoms with Crippen molar-refractivity contribution in [3.63, 3.8) is 0 Å². The van der Waals surface area contributed by atoms with Crippen LogP contribution in [0.4, 0.5) is 0 Å².